The van der Waals surface area contributed by atoms with Crippen molar-refractivity contribution in [2.24, 2.45) is 0 Å². The van der Waals surface area contributed by atoms with Crippen LogP contribution >= 0.6 is 11.3 Å². The number of thiazole rings is 1. The minimum absolute atomic E-state index is 0.00880. The maximum Gasteiger partial charge on any atom is 0.258 e. The molecule has 4 rings (SSSR count). The second kappa shape index (κ2) is 10.4. The van der Waals surface area contributed by atoms with Crippen LogP contribution in [0.15, 0.2) is 72.1 Å². The Kier molecular flexibility index (Phi) is 7.37. The smallest absolute Gasteiger partial charge is 0.258 e. The van der Waals surface area contributed by atoms with E-state index < -0.39 is 0 Å². The van der Waals surface area contributed by atoms with Gasteiger partial charge in [0.25, 0.3) is 5.91 Å². The van der Waals surface area contributed by atoms with Crippen LogP contribution in [-0.2, 0) is 16.8 Å². The lowest BCUT2D eigenvalue weighted by molar-refractivity contribution is -0.123. The summed E-state index contributed by atoms with van der Waals surface area (Å²) in [4.78, 5) is 17.2. The van der Waals surface area contributed by atoms with E-state index in [0.29, 0.717) is 6.54 Å². The van der Waals surface area contributed by atoms with E-state index in [4.69, 9.17) is 9.72 Å². The number of carbonyl (C=O) groups excluding carboxylic acids is 1. The number of hydrogen-bond acceptors (Lipinski definition) is 4. The average Bonchev–Trinajstić information content (AvgIpc) is 3.32. The molecule has 5 heteroatoms. The molecule has 35 heavy (non-hydrogen) atoms. The number of aryl methyl sites for hydroxylation is 2. The molecule has 0 fully saturated rings. The van der Waals surface area contributed by atoms with Gasteiger partial charge in [0.15, 0.2) is 6.61 Å². The number of ether oxygens (including phenoxy) is 1. The molecule has 4 nitrogen and oxygen atoms in total. The molecule has 0 unspecified atom stereocenters. The fraction of sp³-hybridized carbons (Fsp3) is 0.267. The van der Waals surface area contributed by atoms with Crippen molar-refractivity contribution in [1.82, 2.24) is 10.3 Å². The maximum atomic E-state index is 12.4. The Morgan fingerprint density at radius 1 is 0.914 bits per heavy atom. The SMILES string of the molecule is Cc1ccc(-c2csc(-c3ccc(CNC(=O)COc4ccc(C)cc4C(C)(C)C)cc3)n2)cc1. The van der Waals surface area contributed by atoms with Gasteiger partial charge in [-0.25, -0.2) is 4.98 Å². The van der Waals surface area contributed by atoms with Crippen LogP contribution in [0.5, 0.6) is 5.75 Å². The third kappa shape index (κ3) is 6.37. The van der Waals surface area contributed by atoms with Gasteiger partial charge < -0.3 is 10.1 Å². The number of benzene rings is 3. The highest BCUT2D eigenvalue weighted by molar-refractivity contribution is 7.13. The molecule has 0 saturated heterocycles. The average molecular weight is 485 g/mol. The Bertz CT molecular complexity index is 1300. The fourth-order valence-corrected chi connectivity index (χ4v) is 4.61. The molecule has 0 bridgehead atoms. The summed E-state index contributed by atoms with van der Waals surface area (Å²) in [5.41, 5.74) is 7.68. The van der Waals surface area contributed by atoms with Crippen molar-refractivity contribution in [1.29, 1.82) is 0 Å². The monoisotopic (exact) mass is 484 g/mol. The van der Waals surface area contributed by atoms with E-state index in [0.717, 1.165) is 38.7 Å². The van der Waals surface area contributed by atoms with Crippen molar-refractivity contribution in [2.45, 2.75) is 46.6 Å². The predicted octanol–water partition coefficient (Wildman–Crippen LogP) is 7.09. The summed E-state index contributed by atoms with van der Waals surface area (Å²) < 4.78 is 5.87. The van der Waals surface area contributed by atoms with Crippen molar-refractivity contribution >= 4 is 17.2 Å². The van der Waals surface area contributed by atoms with Crippen LogP contribution in [0.4, 0.5) is 0 Å². The molecule has 0 radical (unpaired) electrons. The zero-order valence-corrected chi connectivity index (χ0v) is 21.8. The molecular weight excluding hydrogens is 452 g/mol. The summed E-state index contributed by atoms with van der Waals surface area (Å²) in [6.07, 6.45) is 0. The lowest BCUT2D eigenvalue weighted by Gasteiger charge is -2.23. The first-order chi connectivity index (χ1) is 16.7. The van der Waals surface area contributed by atoms with Gasteiger partial charge in [0.2, 0.25) is 0 Å². The van der Waals surface area contributed by atoms with E-state index in [1.165, 1.54) is 11.1 Å². The van der Waals surface area contributed by atoms with Crippen molar-refractivity contribution in [3.63, 3.8) is 0 Å². The summed E-state index contributed by atoms with van der Waals surface area (Å²) in [5.74, 6) is 0.619. The summed E-state index contributed by atoms with van der Waals surface area (Å²) in [6.45, 7) is 11.0. The van der Waals surface area contributed by atoms with Crippen LogP contribution in [0.2, 0.25) is 0 Å². The highest BCUT2D eigenvalue weighted by Crippen LogP contribution is 2.32. The van der Waals surface area contributed by atoms with E-state index in [-0.39, 0.29) is 17.9 Å². The Hall–Kier alpha value is -3.44. The summed E-state index contributed by atoms with van der Waals surface area (Å²) in [5, 5.41) is 6.03. The number of nitrogens with zero attached hydrogens (tertiary/aromatic N) is 1. The molecule has 3 aromatic carbocycles. The van der Waals surface area contributed by atoms with E-state index in [9.17, 15) is 4.79 Å². The molecule has 4 aromatic rings. The van der Waals surface area contributed by atoms with Crippen molar-refractivity contribution in [3.05, 3.63) is 94.4 Å². The quantitative estimate of drug-likeness (QED) is 0.305. The van der Waals surface area contributed by atoms with Gasteiger partial charge in [-0.1, -0.05) is 92.6 Å². The Balaban J connectivity index is 1.32. The molecule has 1 heterocycles. The molecule has 180 valence electrons. The molecule has 0 aliphatic heterocycles. The van der Waals surface area contributed by atoms with Crippen LogP contribution in [-0.4, -0.2) is 17.5 Å². The lowest BCUT2D eigenvalue weighted by Crippen LogP contribution is -2.29. The molecule has 1 aromatic heterocycles. The first-order valence-corrected chi connectivity index (χ1v) is 12.7. The predicted molar refractivity (Wildman–Crippen MR) is 145 cm³/mol. The van der Waals surface area contributed by atoms with Crippen LogP contribution in [0.3, 0.4) is 0 Å². The molecule has 1 amide bonds. The standard InChI is InChI=1S/C30H32N2O2S/c1-20-6-11-23(12-7-20)26-19-35-29(32-26)24-13-9-22(10-14-24)17-31-28(33)18-34-27-15-8-21(2)16-25(27)30(3,4)5/h6-16,19H,17-18H2,1-5H3,(H,31,33). The van der Waals surface area contributed by atoms with Gasteiger partial charge >= 0.3 is 0 Å². The van der Waals surface area contributed by atoms with Crippen molar-refractivity contribution in [2.75, 3.05) is 6.61 Å². The molecule has 1 N–H and O–H groups in total. The van der Waals surface area contributed by atoms with Gasteiger partial charge in [0, 0.05) is 23.1 Å². The van der Waals surface area contributed by atoms with Crippen LogP contribution < -0.4 is 10.1 Å². The highest BCUT2D eigenvalue weighted by atomic mass is 32.1. The second-order valence-electron chi connectivity index (χ2n) is 9.92. The van der Waals surface area contributed by atoms with Gasteiger partial charge in [-0.3, -0.25) is 4.79 Å². The van der Waals surface area contributed by atoms with Crippen LogP contribution in [0, 0.1) is 13.8 Å². The third-order valence-electron chi connectivity index (χ3n) is 5.84. The van der Waals surface area contributed by atoms with Crippen molar-refractivity contribution in [3.8, 4) is 27.6 Å². The van der Waals surface area contributed by atoms with Gasteiger partial charge in [-0.15, -0.1) is 11.3 Å². The molecule has 0 aliphatic rings. The number of carbonyl (C=O) groups is 1. The van der Waals surface area contributed by atoms with Gasteiger partial charge in [0.1, 0.15) is 10.8 Å². The lowest BCUT2D eigenvalue weighted by atomic mass is 9.85. The Morgan fingerprint density at radius 2 is 1.57 bits per heavy atom. The second-order valence-corrected chi connectivity index (χ2v) is 10.8. The zero-order chi connectivity index (χ0) is 25.0. The maximum absolute atomic E-state index is 12.4. The minimum Gasteiger partial charge on any atom is -0.483 e. The third-order valence-corrected chi connectivity index (χ3v) is 6.74. The molecule has 0 atom stereocenters. The Morgan fingerprint density at radius 3 is 2.26 bits per heavy atom. The van der Waals surface area contributed by atoms with Gasteiger partial charge in [0.05, 0.1) is 5.69 Å². The number of hydrogen-bond donors (Lipinski definition) is 1. The molecular formula is C30H32N2O2S. The van der Waals surface area contributed by atoms with Gasteiger partial charge in [-0.05, 0) is 36.5 Å². The number of nitrogens with one attached hydrogen (secondary N) is 1. The summed E-state index contributed by atoms with van der Waals surface area (Å²) in [6, 6.07) is 22.7. The topological polar surface area (TPSA) is 51.2 Å². The largest absolute Gasteiger partial charge is 0.483 e. The van der Waals surface area contributed by atoms with E-state index in [1.807, 2.05) is 24.3 Å². The molecule has 0 aliphatic carbocycles. The van der Waals surface area contributed by atoms with E-state index >= 15 is 0 Å². The number of aromatic nitrogens is 1. The summed E-state index contributed by atoms with van der Waals surface area (Å²) in [7, 11) is 0. The van der Waals surface area contributed by atoms with E-state index in [2.05, 4.69) is 87.8 Å². The van der Waals surface area contributed by atoms with Gasteiger partial charge in [-0.2, -0.15) is 0 Å². The fourth-order valence-electron chi connectivity index (χ4n) is 3.78. The number of amides is 1. The molecule has 0 saturated carbocycles. The first kappa shape index (κ1) is 24.7. The normalized spacial score (nSPS) is 11.3. The zero-order valence-electron chi connectivity index (χ0n) is 21.0. The van der Waals surface area contributed by atoms with E-state index in [1.54, 1.807) is 11.3 Å². The van der Waals surface area contributed by atoms with Crippen molar-refractivity contribution < 1.29 is 9.53 Å². The van der Waals surface area contributed by atoms with Crippen LogP contribution in [0.1, 0.15) is 43.0 Å². The first-order valence-electron chi connectivity index (χ1n) is 11.8. The summed E-state index contributed by atoms with van der Waals surface area (Å²) >= 11 is 1.64. The minimum atomic E-state index is -0.142. The van der Waals surface area contributed by atoms with Crippen LogP contribution in [0.25, 0.3) is 21.8 Å². The molecule has 0 spiro atoms. The Labute approximate surface area is 212 Å². The highest BCUT2D eigenvalue weighted by Gasteiger charge is 2.19. The number of rotatable bonds is 7.